The molecule has 4 heteroatoms. The van der Waals surface area contributed by atoms with Gasteiger partial charge < -0.3 is 20.1 Å². The number of aliphatic hydroxyl groups excluding tert-OH is 1. The fourth-order valence-electron chi connectivity index (χ4n) is 3.34. The van der Waals surface area contributed by atoms with Gasteiger partial charge in [0, 0.05) is 38.1 Å². The summed E-state index contributed by atoms with van der Waals surface area (Å²) in [5, 5.41) is 16.3. The van der Waals surface area contributed by atoms with E-state index in [0.29, 0.717) is 0 Å². The molecule has 1 fully saturated rings. The average Bonchev–Trinajstić information content (AvgIpc) is 2.60. The third-order valence-corrected chi connectivity index (χ3v) is 4.57. The molecule has 0 saturated carbocycles. The third-order valence-electron chi connectivity index (χ3n) is 4.57. The van der Waals surface area contributed by atoms with Crippen LogP contribution in [0.4, 0.5) is 0 Å². The minimum absolute atomic E-state index is 0.136. The highest BCUT2D eigenvalue weighted by Crippen LogP contribution is 2.33. The highest BCUT2D eigenvalue weighted by Gasteiger charge is 2.16. The second-order valence-corrected chi connectivity index (χ2v) is 6.76. The van der Waals surface area contributed by atoms with Gasteiger partial charge in [-0.25, -0.2) is 0 Å². The smallest absolute Gasteiger partial charge is 0.127 e. The van der Waals surface area contributed by atoms with Gasteiger partial charge in [-0.05, 0) is 37.3 Å². The van der Waals surface area contributed by atoms with Crippen molar-refractivity contribution in [1.29, 1.82) is 0 Å². The van der Waals surface area contributed by atoms with Gasteiger partial charge in [-0.1, -0.05) is 30.3 Å². The number of benzene rings is 2. The predicted octanol–water partition coefficient (Wildman–Crippen LogP) is 2.96. The Kier molecular flexibility index (Phi) is 5.72. The fraction of sp³-hybridized carbons (Fsp3) is 0.500. The van der Waals surface area contributed by atoms with Gasteiger partial charge in [0.25, 0.3) is 0 Å². The van der Waals surface area contributed by atoms with Crippen LogP contribution in [0, 0.1) is 0 Å². The van der Waals surface area contributed by atoms with Gasteiger partial charge in [-0.3, -0.25) is 0 Å². The van der Waals surface area contributed by atoms with Gasteiger partial charge in [0.05, 0.1) is 12.2 Å². The highest BCUT2D eigenvalue weighted by molar-refractivity contribution is 5.91. The Morgan fingerprint density at radius 1 is 1.08 bits per heavy atom. The van der Waals surface area contributed by atoms with Gasteiger partial charge in [0.2, 0.25) is 0 Å². The van der Waals surface area contributed by atoms with E-state index in [9.17, 15) is 5.11 Å². The number of fused-ring (bicyclic) bond motifs is 1. The van der Waals surface area contributed by atoms with Crippen molar-refractivity contribution in [3.8, 4) is 5.75 Å². The molecule has 1 aliphatic rings. The molecule has 0 aromatic heterocycles. The molecular weight excluding hydrogens is 300 g/mol. The Labute approximate surface area is 144 Å². The molecule has 4 nitrogen and oxygen atoms in total. The molecule has 1 heterocycles. The molecule has 2 N–H and O–H groups in total. The van der Waals surface area contributed by atoms with Crippen LogP contribution in [-0.4, -0.2) is 48.8 Å². The van der Waals surface area contributed by atoms with Gasteiger partial charge in [-0.15, -0.1) is 0 Å². The van der Waals surface area contributed by atoms with E-state index in [1.54, 1.807) is 0 Å². The topological polar surface area (TPSA) is 44.7 Å². The lowest BCUT2D eigenvalue weighted by Gasteiger charge is -2.28. The summed E-state index contributed by atoms with van der Waals surface area (Å²) < 4.78 is 5.92. The van der Waals surface area contributed by atoms with Crippen molar-refractivity contribution >= 4 is 10.8 Å². The molecule has 1 unspecified atom stereocenters. The Morgan fingerprint density at radius 2 is 1.79 bits per heavy atom. The van der Waals surface area contributed by atoms with Crippen molar-refractivity contribution in [2.75, 3.05) is 32.7 Å². The Morgan fingerprint density at radius 3 is 2.50 bits per heavy atom. The summed E-state index contributed by atoms with van der Waals surface area (Å²) in [6.07, 6.45) is 0.448. The zero-order chi connectivity index (χ0) is 16.9. The summed E-state index contributed by atoms with van der Waals surface area (Å²) in [6, 6.07) is 12.2. The Balaban J connectivity index is 1.78. The maximum atomic E-state index is 10.7. The van der Waals surface area contributed by atoms with E-state index >= 15 is 0 Å². The van der Waals surface area contributed by atoms with E-state index in [2.05, 4.69) is 22.3 Å². The summed E-state index contributed by atoms with van der Waals surface area (Å²) >= 11 is 0. The van der Waals surface area contributed by atoms with E-state index in [-0.39, 0.29) is 6.10 Å². The highest BCUT2D eigenvalue weighted by atomic mass is 16.5. The number of hydrogen-bond acceptors (Lipinski definition) is 4. The molecule has 1 atom stereocenters. The lowest BCUT2D eigenvalue weighted by Crippen LogP contribution is -2.44. The minimum Gasteiger partial charge on any atom is -0.490 e. The number of nitrogens with one attached hydrogen (secondary N) is 1. The number of hydrogen-bond donors (Lipinski definition) is 2. The summed E-state index contributed by atoms with van der Waals surface area (Å²) in [4.78, 5) is 2.41. The third kappa shape index (κ3) is 4.07. The van der Waals surface area contributed by atoms with E-state index < -0.39 is 6.10 Å². The van der Waals surface area contributed by atoms with Crippen LogP contribution in [0.1, 0.15) is 31.9 Å². The van der Waals surface area contributed by atoms with Crippen molar-refractivity contribution in [3.63, 3.8) is 0 Å². The van der Waals surface area contributed by atoms with Crippen LogP contribution in [0.2, 0.25) is 0 Å². The second kappa shape index (κ2) is 7.97. The summed E-state index contributed by atoms with van der Waals surface area (Å²) in [5.41, 5.74) is 0.997. The lowest BCUT2D eigenvalue weighted by atomic mass is 9.97. The quantitative estimate of drug-likeness (QED) is 0.856. The first-order valence-electron chi connectivity index (χ1n) is 8.94. The predicted molar refractivity (Wildman–Crippen MR) is 98.6 cm³/mol. The van der Waals surface area contributed by atoms with E-state index in [4.69, 9.17) is 4.74 Å². The van der Waals surface area contributed by atoms with Crippen LogP contribution in [0.25, 0.3) is 10.8 Å². The van der Waals surface area contributed by atoms with Crippen LogP contribution < -0.4 is 10.1 Å². The molecule has 1 aliphatic heterocycles. The molecule has 1 saturated heterocycles. The number of ether oxygens (including phenoxy) is 1. The Hall–Kier alpha value is -1.62. The van der Waals surface area contributed by atoms with Gasteiger partial charge in [0.15, 0.2) is 0 Å². The molecular formula is C20H28N2O2. The van der Waals surface area contributed by atoms with Crippen LogP contribution >= 0.6 is 0 Å². The van der Waals surface area contributed by atoms with Crippen molar-refractivity contribution in [1.82, 2.24) is 10.2 Å². The van der Waals surface area contributed by atoms with Gasteiger partial charge in [-0.2, -0.15) is 0 Å². The lowest BCUT2D eigenvalue weighted by molar-refractivity contribution is 0.138. The monoisotopic (exact) mass is 328 g/mol. The number of piperazine rings is 1. The Bertz CT molecular complexity index is 666. The minimum atomic E-state index is -0.446. The second-order valence-electron chi connectivity index (χ2n) is 6.76. The molecule has 24 heavy (non-hydrogen) atoms. The van der Waals surface area contributed by atoms with Crippen molar-refractivity contribution < 1.29 is 9.84 Å². The molecule has 2 aromatic rings. The summed E-state index contributed by atoms with van der Waals surface area (Å²) in [5.74, 6) is 0.888. The first kappa shape index (κ1) is 17.2. The van der Waals surface area contributed by atoms with Gasteiger partial charge >= 0.3 is 0 Å². The SMILES string of the molecule is CC(C)Oc1ccc(C(O)CCN2CCNCC2)c2ccccc12. The molecule has 0 amide bonds. The zero-order valence-electron chi connectivity index (χ0n) is 14.7. The average molecular weight is 328 g/mol. The summed E-state index contributed by atoms with van der Waals surface area (Å²) in [6.45, 7) is 9.21. The van der Waals surface area contributed by atoms with Crippen LogP contribution in [0.5, 0.6) is 5.75 Å². The maximum absolute atomic E-state index is 10.7. The van der Waals surface area contributed by atoms with E-state index in [0.717, 1.165) is 61.2 Å². The van der Waals surface area contributed by atoms with Crippen LogP contribution in [0.15, 0.2) is 36.4 Å². The molecule has 0 aliphatic carbocycles. The normalized spacial score (nSPS) is 17.3. The van der Waals surface area contributed by atoms with Crippen molar-refractivity contribution in [3.05, 3.63) is 42.0 Å². The fourth-order valence-corrected chi connectivity index (χ4v) is 3.34. The largest absolute Gasteiger partial charge is 0.490 e. The first-order valence-corrected chi connectivity index (χ1v) is 8.94. The number of rotatable bonds is 6. The molecule has 130 valence electrons. The van der Waals surface area contributed by atoms with Crippen LogP contribution in [-0.2, 0) is 0 Å². The van der Waals surface area contributed by atoms with E-state index in [1.165, 1.54) is 0 Å². The number of aliphatic hydroxyl groups is 1. The van der Waals surface area contributed by atoms with Gasteiger partial charge in [0.1, 0.15) is 5.75 Å². The summed E-state index contributed by atoms with van der Waals surface area (Å²) in [7, 11) is 0. The molecule has 0 bridgehead atoms. The first-order chi connectivity index (χ1) is 11.6. The maximum Gasteiger partial charge on any atom is 0.127 e. The zero-order valence-corrected chi connectivity index (χ0v) is 14.7. The van der Waals surface area contributed by atoms with E-state index in [1.807, 2.05) is 38.1 Å². The molecule has 3 rings (SSSR count). The molecule has 0 spiro atoms. The van der Waals surface area contributed by atoms with Crippen LogP contribution in [0.3, 0.4) is 0 Å². The standard InChI is InChI=1S/C20H28N2O2/c1-15(2)24-20-8-7-17(16-5-3-4-6-18(16)20)19(23)9-12-22-13-10-21-11-14-22/h3-8,15,19,21,23H,9-14H2,1-2H3. The molecule has 0 radical (unpaired) electrons. The molecule has 2 aromatic carbocycles. The van der Waals surface area contributed by atoms with Crippen molar-refractivity contribution in [2.45, 2.75) is 32.5 Å². The number of nitrogens with zero attached hydrogens (tertiary/aromatic N) is 1. The van der Waals surface area contributed by atoms with Crippen molar-refractivity contribution in [2.24, 2.45) is 0 Å².